The van der Waals surface area contributed by atoms with Crippen LogP contribution in [0.2, 0.25) is 0 Å². The molecular weight excluding hydrogens is 426 g/mol. The maximum atomic E-state index is 12.7. The number of ether oxygens (including phenoxy) is 3. The van der Waals surface area contributed by atoms with Gasteiger partial charge >= 0.3 is 0 Å². The SMILES string of the molecule is CCCOc1ccc(/C=c2\sc3nc(/C=C/c4ccc(OC)c(OC)c4)nn3c2=O)cc1. The van der Waals surface area contributed by atoms with Gasteiger partial charge in [0.25, 0.3) is 5.56 Å². The van der Waals surface area contributed by atoms with E-state index in [0.29, 0.717) is 33.4 Å². The minimum Gasteiger partial charge on any atom is -0.494 e. The van der Waals surface area contributed by atoms with E-state index in [4.69, 9.17) is 14.2 Å². The molecule has 0 aliphatic heterocycles. The summed E-state index contributed by atoms with van der Waals surface area (Å²) in [7, 11) is 3.19. The van der Waals surface area contributed by atoms with E-state index in [0.717, 1.165) is 23.3 Å². The number of thiazole rings is 1. The number of fused-ring (bicyclic) bond motifs is 1. The Hall–Kier alpha value is -3.65. The first-order chi connectivity index (χ1) is 15.6. The van der Waals surface area contributed by atoms with E-state index in [1.54, 1.807) is 20.3 Å². The highest BCUT2D eigenvalue weighted by Crippen LogP contribution is 2.28. The van der Waals surface area contributed by atoms with Crippen LogP contribution in [-0.2, 0) is 0 Å². The van der Waals surface area contributed by atoms with Gasteiger partial charge in [-0.1, -0.05) is 42.5 Å². The lowest BCUT2D eigenvalue weighted by molar-refractivity contribution is 0.317. The van der Waals surface area contributed by atoms with Crippen molar-refractivity contribution < 1.29 is 14.2 Å². The van der Waals surface area contributed by atoms with Gasteiger partial charge in [0, 0.05) is 0 Å². The summed E-state index contributed by atoms with van der Waals surface area (Å²) in [4.78, 5) is 17.8. The summed E-state index contributed by atoms with van der Waals surface area (Å²) in [5.41, 5.74) is 1.64. The second kappa shape index (κ2) is 9.65. The Bertz CT molecular complexity index is 1360. The van der Waals surface area contributed by atoms with Crippen molar-refractivity contribution in [1.82, 2.24) is 14.6 Å². The molecule has 0 N–H and O–H groups in total. The summed E-state index contributed by atoms with van der Waals surface area (Å²) in [5, 5.41) is 4.33. The van der Waals surface area contributed by atoms with Crippen LogP contribution in [0.25, 0.3) is 23.2 Å². The Balaban J connectivity index is 1.56. The lowest BCUT2D eigenvalue weighted by Gasteiger charge is -2.07. The third-order valence-corrected chi connectivity index (χ3v) is 5.64. The molecule has 0 spiro atoms. The van der Waals surface area contributed by atoms with Gasteiger partial charge in [0.1, 0.15) is 5.75 Å². The molecular formula is C24H23N3O4S. The van der Waals surface area contributed by atoms with Crippen molar-refractivity contribution >= 4 is 34.5 Å². The molecule has 7 nitrogen and oxygen atoms in total. The first-order valence-electron chi connectivity index (χ1n) is 10.2. The van der Waals surface area contributed by atoms with E-state index >= 15 is 0 Å². The molecule has 0 amide bonds. The van der Waals surface area contributed by atoms with Crippen LogP contribution < -0.4 is 24.3 Å². The highest BCUT2D eigenvalue weighted by Gasteiger charge is 2.09. The molecule has 2 aromatic carbocycles. The highest BCUT2D eigenvalue weighted by atomic mass is 32.1. The van der Waals surface area contributed by atoms with Crippen molar-refractivity contribution in [3.05, 3.63) is 74.3 Å². The van der Waals surface area contributed by atoms with Crippen molar-refractivity contribution in [3.8, 4) is 17.2 Å². The summed E-state index contributed by atoms with van der Waals surface area (Å²) in [6, 6.07) is 13.3. The van der Waals surface area contributed by atoms with Crippen molar-refractivity contribution in [3.63, 3.8) is 0 Å². The lowest BCUT2D eigenvalue weighted by atomic mass is 10.2. The minimum atomic E-state index is -0.186. The molecule has 2 heterocycles. The van der Waals surface area contributed by atoms with Crippen LogP contribution in [0.1, 0.15) is 30.3 Å². The number of rotatable bonds is 8. The molecule has 0 fully saturated rings. The average molecular weight is 450 g/mol. The lowest BCUT2D eigenvalue weighted by Crippen LogP contribution is -2.23. The number of aromatic nitrogens is 3. The standard InChI is InChI=1S/C24H23N3O4S/c1-4-13-31-18-9-5-17(6-10-18)15-21-23(28)27-24(32-21)25-22(26-27)12-8-16-7-11-19(29-2)20(14-16)30-3/h5-12,14-15H,4,13H2,1-3H3/b12-8+,21-15-. The van der Waals surface area contributed by atoms with Gasteiger partial charge < -0.3 is 14.2 Å². The summed E-state index contributed by atoms with van der Waals surface area (Å²) in [6.45, 7) is 2.75. The minimum absolute atomic E-state index is 0.186. The molecule has 0 bridgehead atoms. The van der Waals surface area contributed by atoms with Gasteiger partial charge in [-0.3, -0.25) is 4.79 Å². The van der Waals surface area contributed by atoms with E-state index in [1.807, 2.05) is 54.6 Å². The molecule has 0 unspecified atom stereocenters. The van der Waals surface area contributed by atoms with Crippen LogP contribution >= 0.6 is 11.3 Å². The van der Waals surface area contributed by atoms with Gasteiger partial charge in [0.05, 0.1) is 25.4 Å². The molecule has 8 heteroatoms. The summed E-state index contributed by atoms with van der Waals surface area (Å²) >= 11 is 1.31. The van der Waals surface area contributed by atoms with Gasteiger partial charge in [-0.2, -0.15) is 9.50 Å². The summed E-state index contributed by atoms with van der Waals surface area (Å²) < 4.78 is 18.1. The first kappa shape index (κ1) is 21.6. The molecule has 0 aliphatic rings. The smallest absolute Gasteiger partial charge is 0.291 e. The molecule has 0 saturated heterocycles. The van der Waals surface area contributed by atoms with Crippen LogP contribution in [-0.4, -0.2) is 35.4 Å². The topological polar surface area (TPSA) is 74.9 Å². The van der Waals surface area contributed by atoms with E-state index in [-0.39, 0.29) is 5.56 Å². The average Bonchev–Trinajstić information content (AvgIpc) is 3.35. The van der Waals surface area contributed by atoms with Crippen molar-refractivity contribution in [2.24, 2.45) is 0 Å². The molecule has 0 atom stereocenters. The highest BCUT2D eigenvalue weighted by molar-refractivity contribution is 7.15. The van der Waals surface area contributed by atoms with E-state index in [9.17, 15) is 4.79 Å². The van der Waals surface area contributed by atoms with Crippen molar-refractivity contribution in [1.29, 1.82) is 0 Å². The number of hydrogen-bond donors (Lipinski definition) is 0. The first-order valence-corrected chi connectivity index (χ1v) is 11.0. The van der Waals surface area contributed by atoms with Gasteiger partial charge in [0.2, 0.25) is 4.96 Å². The van der Waals surface area contributed by atoms with Gasteiger partial charge in [-0.25, -0.2) is 0 Å². The molecule has 0 aliphatic carbocycles. The zero-order valence-electron chi connectivity index (χ0n) is 18.1. The fourth-order valence-corrected chi connectivity index (χ4v) is 3.99. The fraction of sp³-hybridized carbons (Fsp3) is 0.208. The van der Waals surface area contributed by atoms with Crippen molar-refractivity contribution in [2.45, 2.75) is 13.3 Å². The molecule has 4 aromatic rings. The van der Waals surface area contributed by atoms with Crippen LogP contribution in [0.3, 0.4) is 0 Å². The maximum absolute atomic E-state index is 12.7. The van der Waals surface area contributed by atoms with Crippen LogP contribution in [0.4, 0.5) is 0 Å². The zero-order chi connectivity index (χ0) is 22.5. The number of methoxy groups -OCH3 is 2. The molecule has 32 heavy (non-hydrogen) atoms. The number of hydrogen-bond acceptors (Lipinski definition) is 7. The zero-order valence-corrected chi connectivity index (χ0v) is 18.9. The predicted molar refractivity (Wildman–Crippen MR) is 127 cm³/mol. The van der Waals surface area contributed by atoms with Crippen molar-refractivity contribution in [2.75, 3.05) is 20.8 Å². The summed E-state index contributed by atoms with van der Waals surface area (Å²) in [5.74, 6) is 2.58. The second-order valence-corrected chi connectivity index (χ2v) is 7.95. The van der Waals surface area contributed by atoms with E-state index < -0.39 is 0 Å². The third kappa shape index (κ3) is 4.65. The quantitative estimate of drug-likeness (QED) is 0.409. The third-order valence-electron chi connectivity index (χ3n) is 4.68. The normalized spacial score (nSPS) is 12.0. The summed E-state index contributed by atoms with van der Waals surface area (Å²) in [6.07, 6.45) is 6.42. The van der Waals surface area contributed by atoms with Gasteiger partial charge in [0.15, 0.2) is 17.3 Å². The van der Waals surface area contributed by atoms with Crippen LogP contribution in [0.5, 0.6) is 17.2 Å². The Morgan fingerprint density at radius 3 is 2.44 bits per heavy atom. The monoisotopic (exact) mass is 449 g/mol. The number of nitrogens with zero attached hydrogens (tertiary/aromatic N) is 3. The Morgan fingerprint density at radius 1 is 1.00 bits per heavy atom. The second-order valence-electron chi connectivity index (χ2n) is 6.95. The number of benzene rings is 2. The van der Waals surface area contributed by atoms with Crippen LogP contribution in [0, 0.1) is 0 Å². The van der Waals surface area contributed by atoms with E-state index in [1.165, 1.54) is 15.9 Å². The van der Waals surface area contributed by atoms with Crippen LogP contribution in [0.15, 0.2) is 47.3 Å². The predicted octanol–water partition coefficient (Wildman–Crippen LogP) is 3.68. The van der Waals surface area contributed by atoms with E-state index in [2.05, 4.69) is 17.0 Å². The Labute approximate surface area is 189 Å². The Morgan fingerprint density at radius 2 is 1.75 bits per heavy atom. The van der Waals surface area contributed by atoms with Gasteiger partial charge in [-0.05, 0) is 54.0 Å². The molecule has 2 aromatic heterocycles. The maximum Gasteiger partial charge on any atom is 0.291 e. The molecule has 4 rings (SSSR count). The fourth-order valence-electron chi connectivity index (χ4n) is 3.08. The molecule has 164 valence electrons. The molecule has 0 radical (unpaired) electrons. The van der Waals surface area contributed by atoms with Gasteiger partial charge in [-0.15, -0.1) is 5.10 Å². The largest absolute Gasteiger partial charge is 0.494 e. The Kier molecular flexibility index (Phi) is 6.51. The molecule has 0 saturated carbocycles.